The van der Waals surface area contributed by atoms with E-state index >= 15 is 0 Å². The lowest BCUT2D eigenvalue weighted by Crippen LogP contribution is -2.44. The molecule has 30 heavy (non-hydrogen) atoms. The van der Waals surface area contributed by atoms with Crippen molar-refractivity contribution < 1.29 is 14.3 Å². The fourth-order valence-corrected chi connectivity index (χ4v) is 6.03. The number of benzene rings is 1. The first kappa shape index (κ1) is 22.8. The largest absolute Gasteiger partial charge is 0.465 e. The van der Waals surface area contributed by atoms with Crippen LogP contribution in [-0.2, 0) is 6.42 Å². The van der Waals surface area contributed by atoms with Gasteiger partial charge in [-0.25, -0.2) is 9.78 Å². The summed E-state index contributed by atoms with van der Waals surface area (Å²) in [5, 5.41) is 11.9. The van der Waals surface area contributed by atoms with Crippen LogP contribution in [0.3, 0.4) is 0 Å². The Morgan fingerprint density at radius 3 is 2.67 bits per heavy atom. The van der Waals surface area contributed by atoms with Crippen molar-refractivity contribution in [2.24, 2.45) is 5.41 Å². The zero-order chi connectivity index (χ0) is 21.9. The summed E-state index contributed by atoms with van der Waals surface area (Å²) in [7, 11) is 0. The highest BCUT2D eigenvalue weighted by Gasteiger charge is 2.28. The van der Waals surface area contributed by atoms with E-state index in [0.717, 1.165) is 24.0 Å². The predicted octanol–water partition coefficient (Wildman–Crippen LogP) is 7.09. The van der Waals surface area contributed by atoms with E-state index in [0.29, 0.717) is 12.0 Å². The Kier molecular flexibility index (Phi) is 7.21. The van der Waals surface area contributed by atoms with Crippen LogP contribution in [-0.4, -0.2) is 22.2 Å². The van der Waals surface area contributed by atoms with Gasteiger partial charge in [-0.05, 0) is 41.8 Å². The molecule has 158 valence electrons. The molecule has 0 aliphatic carbocycles. The molecule has 1 atom stereocenters. The number of nitrogens with one attached hydrogen (secondary N) is 1. The third kappa shape index (κ3) is 5.83. The fourth-order valence-electron chi connectivity index (χ4n) is 2.94. The van der Waals surface area contributed by atoms with Gasteiger partial charge in [0.25, 0.3) is 0 Å². The van der Waals surface area contributed by atoms with Gasteiger partial charge in [-0.1, -0.05) is 54.5 Å². The van der Waals surface area contributed by atoms with Gasteiger partial charge in [0.2, 0.25) is 5.95 Å². The highest BCUT2D eigenvalue weighted by atomic mass is 79.9. The van der Waals surface area contributed by atoms with Crippen LogP contribution in [0.1, 0.15) is 25.6 Å². The van der Waals surface area contributed by atoms with Gasteiger partial charge in [0, 0.05) is 44.0 Å². The number of hydrogen-bond donors (Lipinski definition) is 2. The molecule has 1 aromatic carbocycles. The van der Waals surface area contributed by atoms with Crippen molar-refractivity contribution in [1.29, 1.82) is 0 Å². The lowest BCUT2D eigenvalue weighted by molar-refractivity contribution is 0.174. The molecule has 0 radical (unpaired) electrons. The Morgan fingerprint density at radius 2 is 2.03 bits per heavy atom. The van der Waals surface area contributed by atoms with E-state index in [2.05, 4.69) is 26.2 Å². The molecule has 2 N–H and O–H groups in total. The summed E-state index contributed by atoms with van der Waals surface area (Å²) in [5.41, 5.74) is 0.948. The summed E-state index contributed by atoms with van der Waals surface area (Å²) in [6.07, 6.45) is 0.905. The number of aromatic nitrogens is 1. The third-order valence-corrected chi connectivity index (χ3v) is 7.39. The Hall–Kier alpha value is -1.90. The van der Waals surface area contributed by atoms with Gasteiger partial charge in [-0.15, -0.1) is 11.3 Å². The van der Waals surface area contributed by atoms with Crippen LogP contribution in [0, 0.1) is 11.4 Å². The van der Waals surface area contributed by atoms with Crippen molar-refractivity contribution in [2.45, 2.75) is 42.3 Å². The van der Waals surface area contributed by atoms with E-state index in [1.54, 1.807) is 35.2 Å². The first-order chi connectivity index (χ1) is 14.1. The zero-order valence-electron chi connectivity index (χ0n) is 16.8. The molecule has 4 nitrogen and oxygen atoms in total. The molecule has 3 rings (SSSR count). The average Bonchev–Trinajstić information content (AvgIpc) is 3.02. The van der Waals surface area contributed by atoms with Crippen molar-refractivity contribution in [2.75, 3.05) is 0 Å². The molecular weight excluding hydrogens is 487 g/mol. The highest BCUT2D eigenvalue weighted by Crippen LogP contribution is 2.44. The summed E-state index contributed by atoms with van der Waals surface area (Å²) >= 11 is 6.60. The van der Waals surface area contributed by atoms with Crippen LogP contribution < -0.4 is 5.32 Å². The van der Waals surface area contributed by atoms with Gasteiger partial charge in [-0.2, -0.15) is 4.39 Å². The average molecular weight is 509 g/mol. The number of rotatable bonds is 6. The second-order valence-electron chi connectivity index (χ2n) is 7.89. The number of hydrogen-bond acceptors (Lipinski definition) is 4. The Bertz CT molecular complexity index is 1050. The topological polar surface area (TPSA) is 62.2 Å². The molecule has 2 heterocycles. The standard InChI is InChI=1S/C22H22BrFN2O2S2/c1-22(2,3)18(26-21(27)28)12-15-11-17(16-8-5-9-25-19(16)24)20(30-15)29-14-7-4-6-13(23)10-14/h4-11,18,26H,12H2,1-3H3,(H,27,28). The Labute approximate surface area is 192 Å². The van der Waals surface area contributed by atoms with Crippen molar-refractivity contribution in [3.63, 3.8) is 0 Å². The van der Waals surface area contributed by atoms with E-state index in [1.807, 2.05) is 51.1 Å². The molecule has 0 bridgehead atoms. The number of pyridine rings is 1. The van der Waals surface area contributed by atoms with E-state index in [1.165, 1.54) is 6.20 Å². The van der Waals surface area contributed by atoms with Gasteiger partial charge in [0.05, 0.1) is 4.21 Å². The zero-order valence-corrected chi connectivity index (χ0v) is 20.0. The molecule has 0 saturated carbocycles. The maximum Gasteiger partial charge on any atom is 0.404 e. The van der Waals surface area contributed by atoms with Gasteiger partial charge >= 0.3 is 6.09 Å². The molecular formula is C22H22BrFN2O2S2. The minimum Gasteiger partial charge on any atom is -0.465 e. The minimum absolute atomic E-state index is 0.264. The second-order valence-corrected chi connectivity index (χ2v) is 11.3. The van der Waals surface area contributed by atoms with Crippen molar-refractivity contribution in [1.82, 2.24) is 10.3 Å². The fraction of sp³-hybridized carbons (Fsp3) is 0.273. The summed E-state index contributed by atoms with van der Waals surface area (Å²) in [6, 6.07) is 13.0. The summed E-state index contributed by atoms with van der Waals surface area (Å²) in [6.45, 7) is 6.00. The molecule has 2 aromatic heterocycles. The maximum absolute atomic E-state index is 14.5. The smallest absolute Gasteiger partial charge is 0.404 e. The number of thiophene rings is 1. The molecule has 0 aliphatic heterocycles. The maximum atomic E-state index is 14.5. The van der Waals surface area contributed by atoms with Gasteiger partial charge in [0.1, 0.15) is 0 Å². The van der Waals surface area contributed by atoms with Crippen molar-refractivity contribution in [3.05, 3.63) is 64.0 Å². The molecule has 0 fully saturated rings. The molecule has 0 spiro atoms. The highest BCUT2D eigenvalue weighted by molar-refractivity contribution is 9.10. The van der Waals surface area contributed by atoms with Crippen LogP contribution in [0.5, 0.6) is 0 Å². The normalized spacial score (nSPS) is 12.6. The Morgan fingerprint density at radius 1 is 1.27 bits per heavy atom. The summed E-state index contributed by atoms with van der Waals surface area (Å²) < 4.78 is 16.4. The SMILES string of the molecule is CC(C)(C)C(Cc1cc(-c2cccnc2F)c(Sc2cccc(Br)c2)s1)NC(=O)O. The predicted molar refractivity (Wildman–Crippen MR) is 124 cm³/mol. The van der Waals surface area contributed by atoms with Crippen LogP contribution >= 0.6 is 39.0 Å². The molecule has 1 amide bonds. The quantitative estimate of drug-likeness (QED) is 0.349. The number of carboxylic acid groups (broad SMARTS) is 1. The van der Waals surface area contributed by atoms with E-state index in [-0.39, 0.29) is 11.5 Å². The number of halogens is 2. The first-order valence-corrected chi connectivity index (χ1v) is 11.7. The molecule has 8 heteroatoms. The number of nitrogens with zero attached hydrogens (tertiary/aromatic N) is 1. The van der Waals surface area contributed by atoms with Crippen molar-refractivity contribution >= 4 is 45.1 Å². The first-order valence-electron chi connectivity index (χ1n) is 9.30. The van der Waals surface area contributed by atoms with Crippen LogP contribution in [0.2, 0.25) is 0 Å². The van der Waals surface area contributed by atoms with Crippen LogP contribution in [0.15, 0.2) is 62.2 Å². The number of amides is 1. The van der Waals surface area contributed by atoms with E-state index in [9.17, 15) is 14.3 Å². The second kappa shape index (κ2) is 9.49. The molecule has 0 saturated heterocycles. The van der Waals surface area contributed by atoms with Gasteiger partial charge < -0.3 is 10.4 Å². The van der Waals surface area contributed by atoms with E-state index < -0.39 is 12.0 Å². The van der Waals surface area contributed by atoms with E-state index in [4.69, 9.17) is 0 Å². The van der Waals surface area contributed by atoms with Crippen LogP contribution in [0.25, 0.3) is 11.1 Å². The summed E-state index contributed by atoms with van der Waals surface area (Å²) in [4.78, 5) is 17.1. The Balaban J connectivity index is 2.01. The van der Waals surface area contributed by atoms with Crippen molar-refractivity contribution in [3.8, 4) is 11.1 Å². The third-order valence-electron chi connectivity index (χ3n) is 4.55. The lowest BCUT2D eigenvalue weighted by atomic mass is 9.84. The minimum atomic E-state index is -1.05. The number of carbonyl (C=O) groups is 1. The van der Waals surface area contributed by atoms with Gasteiger partial charge in [-0.3, -0.25) is 0 Å². The molecule has 1 unspecified atom stereocenters. The monoisotopic (exact) mass is 508 g/mol. The molecule has 0 aliphatic rings. The lowest BCUT2D eigenvalue weighted by Gasteiger charge is -2.30. The van der Waals surface area contributed by atoms with Gasteiger partial charge in [0.15, 0.2) is 0 Å². The van der Waals surface area contributed by atoms with Crippen LogP contribution in [0.4, 0.5) is 9.18 Å². The summed E-state index contributed by atoms with van der Waals surface area (Å²) in [5.74, 6) is -0.519. The molecule has 3 aromatic rings.